The second kappa shape index (κ2) is 10.2. The first-order valence-corrected chi connectivity index (χ1v) is 14.5. The van der Waals surface area contributed by atoms with Crippen molar-refractivity contribution in [2.75, 3.05) is 0 Å². The molecular formula is C31H50O4. The Balaban J connectivity index is 1.44. The fourth-order valence-electron chi connectivity index (χ4n) is 9.31. The van der Waals surface area contributed by atoms with Gasteiger partial charge >= 0.3 is 11.9 Å². The lowest BCUT2D eigenvalue weighted by Crippen LogP contribution is -2.51. The lowest BCUT2D eigenvalue weighted by Gasteiger charge is -2.58. The maximum atomic E-state index is 11.6. The third-order valence-electron chi connectivity index (χ3n) is 11.1. The summed E-state index contributed by atoms with van der Waals surface area (Å²) in [7, 11) is 0. The minimum Gasteiger partial charge on any atom is -0.462 e. The topological polar surface area (TPSA) is 52.6 Å². The fraction of sp³-hybridized carbons (Fsp3) is 0.871. The number of carbonyl (C=O) groups is 2. The van der Waals surface area contributed by atoms with Gasteiger partial charge in [0.15, 0.2) is 0 Å². The molecule has 35 heavy (non-hydrogen) atoms. The summed E-state index contributed by atoms with van der Waals surface area (Å²) in [5, 5.41) is 0. The van der Waals surface area contributed by atoms with Gasteiger partial charge in [-0.2, -0.15) is 0 Å². The molecule has 4 aliphatic carbocycles. The number of allylic oxidation sites excluding steroid dienone is 1. The van der Waals surface area contributed by atoms with Crippen molar-refractivity contribution in [1.82, 2.24) is 0 Å². The Bertz CT molecular complexity index is 830. The first kappa shape index (κ1) is 26.7. The number of carbonyl (C=O) groups excluding carboxylic acids is 2. The van der Waals surface area contributed by atoms with Crippen LogP contribution in [-0.2, 0) is 19.1 Å². The SMILES string of the molecule is CC(=O)O[C@H]1CC[C@@]2(C)C(=CC[C@@H]3[C@H]4CC[C@H]([C@H](C)CC[C@@H](OC(C)=O)C(C)C)[C@@]4(C)CC[C@H]32)C1. The highest BCUT2D eigenvalue weighted by molar-refractivity contribution is 5.66. The second-order valence-electron chi connectivity index (χ2n) is 13.4. The van der Waals surface area contributed by atoms with Crippen LogP contribution < -0.4 is 0 Å². The zero-order chi connectivity index (χ0) is 25.5. The summed E-state index contributed by atoms with van der Waals surface area (Å²) in [6, 6.07) is 0. The van der Waals surface area contributed by atoms with Crippen LogP contribution in [0.15, 0.2) is 11.6 Å². The molecule has 0 radical (unpaired) electrons. The number of esters is 2. The third kappa shape index (κ3) is 5.10. The molecule has 4 heteroatoms. The molecule has 0 saturated heterocycles. The van der Waals surface area contributed by atoms with Crippen LogP contribution in [0, 0.1) is 46.3 Å². The van der Waals surface area contributed by atoms with Gasteiger partial charge < -0.3 is 9.47 Å². The van der Waals surface area contributed by atoms with Gasteiger partial charge in [0.05, 0.1) is 0 Å². The lowest BCUT2D eigenvalue weighted by molar-refractivity contribution is -0.149. The summed E-state index contributed by atoms with van der Waals surface area (Å²) in [5.41, 5.74) is 2.30. The van der Waals surface area contributed by atoms with Crippen molar-refractivity contribution in [3.05, 3.63) is 11.6 Å². The number of ether oxygens (including phenoxy) is 2. The molecule has 0 spiro atoms. The van der Waals surface area contributed by atoms with Gasteiger partial charge in [-0.15, -0.1) is 0 Å². The fourth-order valence-corrected chi connectivity index (χ4v) is 9.31. The van der Waals surface area contributed by atoms with Crippen LogP contribution in [0.3, 0.4) is 0 Å². The Kier molecular flexibility index (Phi) is 7.80. The molecule has 198 valence electrons. The van der Waals surface area contributed by atoms with Gasteiger partial charge in [-0.25, -0.2) is 0 Å². The highest BCUT2D eigenvalue weighted by atomic mass is 16.5. The average Bonchev–Trinajstić information content (AvgIpc) is 3.13. The Hall–Kier alpha value is -1.32. The van der Waals surface area contributed by atoms with Gasteiger partial charge in [0.2, 0.25) is 0 Å². The maximum Gasteiger partial charge on any atom is 0.302 e. The molecule has 4 rings (SSSR count). The number of hydrogen-bond acceptors (Lipinski definition) is 4. The molecule has 0 N–H and O–H groups in total. The summed E-state index contributed by atoms with van der Waals surface area (Å²) in [6.07, 6.45) is 14.6. The molecule has 4 nitrogen and oxygen atoms in total. The summed E-state index contributed by atoms with van der Waals surface area (Å²) in [4.78, 5) is 23.1. The molecule has 3 fully saturated rings. The minimum atomic E-state index is -0.150. The summed E-state index contributed by atoms with van der Waals surface area (Å²) >= 11 is 0. The van der Waals surface area contributed by atoms with Crippen molar-refractivity contribution in [3.63, 3.8) is 0 Å². The number of fused-ring (bicyclic) bond motifs is 5. The van der Waals surface area contributed by atoms with Crippen LogP contribution in [0.2, 0.25) is 0 Å². The van der Waals surface area contributed by atoms with Crippen molar-refractivity contribution in [2.45, 2.75) is 125 Å². The van der Waals surface area contributed by atoms with E-state index in [0.717, 1.165) is 55.8 Å². The Labute approximate surface area is 214 Å². The molecule has 0 heterocycles. The van der Waals surface area contributed by atoms with E-state index in [9.17, 15) is 9.59 Å². The Morgan fingerprint density at radius 3 is 2.37 bits per heavy atom. The van der Waals surface area contributed by atoms with Crippen LogP contribution in [-0.4, -0.2) is 24.1 Å². The van der Waals surface area contributed by atoms with Crippen LogP contribution >= 0.6 is 0 Å². The van der Waals surface area contributed by atoms with E-state index in [1.807, 2.05) is 0 Å². The summed E-state index contributed by atoms with van der Waals surface area (Å²) in [6.45, 7) is 15.0. The van der Waals surface area contributed by atoms with Gasteiger partial charge in [-0.05, 0) is 104 Å². The first-order chi connectivity index (χ1) is 16.5. The van der Waals surface area contributed by atoms with Crippen molar-refractivity contribution < 1.29 is 19.1 Å². The maximum absolute atomic E-state index is 11.6. The van der Waals surface area contributed by atoms with E-state index in [-0.39, 0.29) is 24.1 Å². The van der Waals surface area contributed by atoms with Crippen molar-refractivity contribution in [2.24, 2.45) is 46.3 Å². The Morgan fingerprint density at radius 2 is 1.71 bits per heavy atom. The van der Waals surface area contributed by atoms with Crippen LogP contribution in [0.1, 0.15) is 113 Å². The molecule has 0 aromatic rings. The van der Waals surface area contributed by atoms with E-state index in [1.165, 1.54) is 46.0 Å². The molecule has 9 atom stereocenters. The molecule has 0 unspecified atom stereocenters. The average molecular weight is 487 g/mol. The standard InChI is InChI=1S/C31H50O4/c1-19(2)29(35-22(5)33)13-8-20(3)26-11-12-27-25-10-9-23-18-24(34-21(4)32)14-16-30(23,6)28(25)15-17-31(26,27)7/h9,19-20,24-29H,8,10-18H2,1-7H3/t20-,24+,25-,26-,27-,28-,29-,30+,31-/m1/s1. The molecule has 0 aliphatic heterocycles. The van der Waals surface area contributed by atoms with Crippen LogP contribution in [0.4, 0.5) is 0 Å². The monoisotopic (exact) mass is 486 g/mol. The van der Waals surface area contributed by atoms with Crippen molar-refractivity contribution in [3.8, 4) is 0 Å². The van der Waals surface area contributed by atoms with E-state index < -0.39 is 0 Å². The predicted molar refractivity (Wildman–Crippen MR) is 140 cm³/mol. The van der Waals surface area contributed by atoms with Crippen molar-refractivity contribution >= 4 is 11.9 Å². The molecule has 0 amide bonds. The number of hydrogen-bond donors (Lipinski definition) is 0. The van der Waals surface area contributed by atoms with Gasteiger partial charge in [-0.1, -0.05) is 46.3 Å². The lowest BCUT2D eigenvalue weighted by atomic mass is 9.47. The van der Waals surface area contributed by atoms with E-state index in [1.54, 1.807) is 5.57 Å². The van der Waals surface area contributed by atoms with Gasteiger partial charge in [0.25, 0.3) is 0 Å². The summed E-state index contributed by atoms with van der Waals surface area (Å²) < 4.78 is 11.3. The van der Waals surface area contributed by atoms with Gasteiger partial charge in [-0.3, -0.25) is 9.59 Å². The third-order valence-corrected chi connectivity index (χ3v) is 11.1. The number of rotatable bonds is 7. The molecule has 4 aliphatic rings. The first-order valence-electron chi connectivity index (χ1n) is 14.5. The molecular weight excluding hydrogens is 436 g/mol. The van der Waals surface area contributed by atoms with E-state index >= 15 is 0 Å². The largest absolute Gasteiger partial charge is 0.462 e. The van der Waals surface area contributed by atoms with Crippen LogP contribution in [0.5, 0.6) is 0 Å². The quantitative estimate of drug-likeness (QED) is 0.276. The molecule has 0 aromatic carbocycles. The summed E-state index contributed by atoms with van der Waals surface area (Å²) in [5.74, 6) is 3.93. The smallest absolute Gasteiger partial charge is 0.302 e. The predicted octanol–water partition coefficient (Wildman–Crippen LogP) is 7.50. The molecule has 3 saturated carbocycles. The Morgan fingerprint density at radius 1 is 0.971 bits per heavy atom. The zero-order valence-electron chi connectivity index (χ0n) is 23.4. The van der Waals surface area contributed by atoms with E-state index in [2.05, 4.69) is 40.7 Å². The van der Waals surface area contributed by atoms with Gasteiger partial charge in [0.1, 0.15) is 12.2 Å². The highest BCUT2D eigenvalue weighted by Crippen LogP contribution is 2.67. The minimum absolute atomic E-state index is 0.0413. The van der Waals surface area contributed by atoms with Gasteiger partial charge in [0, 0.05) is 20.3 Å². The second-order valence-corrected chi connectivity index (χ2v) is 13.4. The van der Waals surface area contributed by atoms with Crippen LogP contribution in [0.25, 0.3) is 0 Å². The van der Waals surface area contributed by atoms with E-state index in [0.29, 0.717) is 22.7 Å². The molecule has 0 bridgehead atoms. The highest BCUT2D eigenvalue weighted by Gasteiger charge is 2.59. The normalized spacial score (nSPS) is 40.1. The van der Waals surface area contributed by atoms with E-state index in [4.69, 9.17) is 9.47 Å². The van der Waals surface area contributed by atoms with Crippen molar-refractivity contribution in [1.29, 1.82) is 0 Å². The molecule has 0 aromatic heterocycles. The zero-order valence-corrected chi connectivity index (χ0v) is 23.4.